The second-order valence-electron chi connectivity index (χ2n) is 10.2. The summed E-state index contributed by atoms with van der Waals surface area (Å²) in [7, 11) is 1.58. The van der Waals surface area contributed by atoms with Crippen molar-refractivity contribution in [2.75, 3.05) is 20.3 Å². The van der Waals surface area contributed by atoms with Gasteiger partial charge in [-0.25, -0.2) is 9.78 Å². The lowest BCUT2D eigenvalue weighted by molar-refractivity contribution is -0.166. The highest BCUT2D eigenvalue weighted by atomic mass is 32.1. The molecule has 2 aromatic heterocycles. The third kappa shape index (κ3) is 4.61. The Kier molecular flexibility index (Phi) is 6.83. The number of benzene rings is 2. The first-order chi connectivity index (χ1) is 18.1. The molecule has 0 unspecified atom stereocenters. The molecule has 3 heterocycles. The van der Waals surface area contributed by atoms with Gasteiger partial charge in [0.25, 0.3) is 5.91 Å². The molecule has 0 bridgehead atoms. The molecule has 4 aromatic rings. The van der Waals surface area contributed by atoms with Crippen molar-refractivity contribution in [1.82, 2.24) is 15.3 Å². The van der Waals surface area contributed by atoms with Crippen molar-refractivity contribution in [2.45, 2.75) is 52.7 Å². The van der Waals surface area contributed by atoms with Crippen molar-refractivity contribution in [1.29, 1.82) is 0 Å². The number of rotatable bonds is 6. The summed E-state index contributed by atoms with van der Waals surface area (Å²) in [6.45, 7) is 10.3. The second-order valence-corrected chi connectivity index (χ2v) is 11.2. The number of fused-ring (bicyclic) bond motifs is 1. The van der Waals surface area contributed by atoms with Crippen LogP contribution < -0.4 is 10.1 Å². The van der Waals surface area contributed by atoms with Crippen LogP contribution in [0.15, 0.2) is 30.5 Å². The van der Waals surface area contributed by atoms with Crippen LogP contribution in [0.25, 0.3) is 32.2 Å². The zero-order valence-electron chi connectivity index (χ0n) is 22.4. The lowest BCUT2D eigenvalue weighted by Crippen LogP contribution is -2.29. The predicted octanol–water partition coefficient (Wildman–Crippen LogP) is 5.53. The number of thiazole rings is 1. The fourth-order valence-electron chi connectivity index (χ4n) is 4.92. The highest BCUT2D eigenvalue weighted by Crippen LogP contribution is 2.46. The maximum absolute atomic E-state index is 13.4. The molecule has 0 aliphatic carbocycles. The summed E-state index contributed by atoms with van der Waals surface area (Å²) < 4.78 is 18.6. The monoisotopic (exact) mass is 533 g/mol. The summed E-state index contributed by atoms with van der Waals surface area (Å²) in [5, 5.41) is 3.95. The normalized spacial score (nSPS) is 13.8. The third-order valence-corrected chi connectivity index (χ3v) is 7.51. The number of carbonyl (C=O) groups excluding carboxylic acids is 2. The van der Waals surface area contributed by atoms with Crippen LogP contribution in [0, 0.1) is 6.92 Å². The van der Waals surface area contributed by atoms with E-state index in [2.05, 4.69) is 10.3 Å². The summed E-state index contributed by atoms with van der Waals surface area (Å²) in [5.74, 6) is 0.0423. The van der Waals surface area contributed by atoms with Gasteiger partial charge in [-0.15, -0.1) is 11.3 Å². The molecule has 2 aromatic carbocycles. The Morgan fingerprint density at radius 3 is 2.74 bits per heavy atom. The van der Waals surface area contributed by atoms with Crippen LogP contribution in [0.1, 0.15) is 60.3 Å². The van der Waals surface area contributed by atoms with E-state index < -0.39 is 17.7 Å². The summed E-state index contributed by atoms with van der Waals surface area (Å²) >= 11 is 1.28. The molecular formula is C29H31N3O5S. The fourth-order valence-corrected chi connectivity index (χ4v) is 5.98. The second kappa shape index (κ2) is 9.96. The molecule has 1 atom stereocenters. The molecule has 0 saturated carbocycles. The Morgan fingerprint density at radius 1 is 1.24 bits per heavy atom. The number of ether oxygens (including phenoxy) is 3. The van der Waals surface area contributed by atoms with Crippen molar-refractivity contribution < 1.29 is 23.8 Å². The standard InChI is InChI=1S/C29H31N3O5S/c1-7-35-28(34)24(37-29(3,4)5)20-15(2)14-18-25(38-27(32-18)26(33)30-6)22(20)17-8-9-19-21-16(11-13-36-19)10-12-31-23(17)21/h8-10,12,14,24H,7,11,13H2,1-6H3,(H,30,33)/t24-/m0/s1. The SMILES string of the molecule is CCOC(=O)[C@@H](OC(C)(C)C)c1c(C)cc2nc(C(=O)NC)sc2c1-c1ccc2c3c(ccnc13)CCO2. The summed E-state index contributed by atoms with van der Waals surface area (Å²) in [6, 6.07) is 7.84. The maximum Gasteiger partial charge on any atom is 0.339 e. The first-order valence-corrected chi connectivity index (χ1v) is 13.5. The minimum Gasteiger partial charge on any atom is -0.493 e. The lowest BCUT2D eigenvalue weighted by atomic mass is 9.89. The van der Waals surface area contributed by atoms with Crippen LogP contribution in [0.5, 0.6) is 5.75 Å². The van der Waals surface area contributed by atoms with Gasteiger partial charge in [-0.1, -0.05) is 0 Å². The first kappa shape index (κ1) is 26.1. The topological polar surface area (TPSA) is 99.6 Å². The summed E-state index contributed by atoms with van der Waals surface area (Å²) in [6.07, 6.45) is 1.59. The molecule has 1 aliphatic rings. The van der Waals surface area contributed by atoms with Crippen LogP contribution in [0.2, 0.25) is 0 Å². The largest absolute Gasteiger partial charge is 0.493 e. The zero-order valence-corrected chi connectivity index (χ0v) is 23.2. The minimum atomic E-state index is -0.998. The van der Waals surface area contributed by atoms with E-state index in [1.54, 1.807) is 20.2 Å². The zero-order chi connectivity index (χ0) is 27.2. The number of hydrogen-bond acceptors (Lipinski definition) is 8. The van der Waals surface area contributed by atoms with Crippen LogP contribution in [0.4, 0.5) is 0 Å². The number of esters is 1. The van der Waals surface area contributed by atoms with Crippen LogP contribution in [0.3, 0.4) is 0 Å². The number of aryl methyl sites for hydroxylation is 1. The minimum absolute atomic E-state index is 0.223. The average Bonchev–Trinajstić information content (AvgIpc) is 3.30. The van der Waals surface area contributed by atoms with E-state index in [-0.39, 0.29) is 12.5 Å². The molecule has 8 nitrogen and oxygen atoms in total. The van der Waals surface area contributed by atoms with Gasteiger partial charge < -0.3 is 19.5 Å². The van der Waals surface area contributed by atoms with Gasteiger partial charge in [0.15, 0.2) is 11.1 Å². The van der Waals surface area contributed by atoms with E-state index in [1.807, 2.05) is 52.0 Å². The molecule has 0 spiro atoms. The van der Waals surface area contributed by atoms with Gasteiger partial charge in [-0.3, -0.25) is 9.78 Å². The van der Waals surface area contributed by atoms with E-state index in [1.165, 1.54) is 11.3 Å². The van der Waals surface area contributed by atoms with Gasteiger partial charge in [-0.05, 0) is 70.0 Å². The molecule has 5 rings (SSSR count). The molecule has 38 heavy (non-hydrogen) atoms. The van der Waals surface area contributed by atoms with Gasteiger partial charge in [0.1, 0.15) is 5.75 Å². The number of hydrogen-bond donors (Lipinski definition) is 1. The van der Waals surface area contributed by atoms with E-state index in [0.29, 0.717) is 22.7 Å². The van der Waals surface area contributed by atoms with Gasteiger partial charge in [0.2, 0.25) is 0 Å². The van der Waals surface area contributed by atoms with E-state index in [9.17, 15) is 9.59 Å². The summed E-state index contributed by atoms with van der Waals surface area (Å²) in [4.78, 5) is 35.4. The van der Waals surface area contributed by atoms with Gasteiger partial charge in [-0.2, -0.15) is 0 Å². The Balaban J connectivity index is 1.89. The Bertz CT molecular complexity index is 1560. The number of carbonyl (C=O) groups is 2. The van der Waals surface area contributed by atoms with Crippen LogP contribution >= 0.6 is 11.3 Å². The lowest BCUT2D eigenvalue weighted by Gasteiger charge is -2.29. The summed E-state index contributed by atoms with van der Waals surface area (Å²) in [5.41, 5.74) is 5.02. The van der Waals surface area contributed by atoms with Crippen molar-refractivity contribution in [3.8, 4) is 16.9 Å². The van der Waals surface area contributed by atoms with E-state index in [4.69, 9.17) is 19.2 Å². The van der Waals surface area contributed by atoms with Crippen LogP contribution in [-0.2, 0) is 20.7 Å². The molecule has 1 aliphatic heterocycles. The van der Waals surface area contributed by atoms with Gasteiger partial charge >= 0.3 is 5.97 Å². The number of pyridine rings is 1. The highest BCUT2D eigenvalue weighted by molar-refractivity contribution is 7.20. The van der Waals surface area contributed by atoms with Gasteiger partial charge in [0.05, 0.1) is 34.5 Å². The molecule has 0 fully saturated rings. The van der Waals surface area contributed by atoms with Gasteiger partial charge in [0, 0.05) is 41.7 Å². The molecule has 9 heteroatoms. The van der Waals surface area contributed by atoms with Crippen molar-refractivity contribution in [3.63, 3.8) is 0 Å². The predicted molar refractivity (Wildman–Crippen MR) is 148 cm³/mol. The Labute approximate surface area is 225 Å². The quantitative estimate of drug-likeness (QED) is 0.325. The smallest absolute Gasteiger partial charge is 0.339 e. The molecule has 0 saturated heterocycles. The molecular weight excluding hydrogens is 502 g/mol. The molecule has 1 N–H and O–H groups in total. The number of amides is 1. The molecule has 198 valence electrons. The van der Waals surface area contributed by atoms with E-state index in [0.717, 1.165) is 50.0 Å². The highest BCUT2D eigenvalue weighted by Gasteiger charge is 2.34. The first-order valence-electron chi connectivity index (χ1n) is 12.7. The average molecular weight is 534 g/mol. The van der Waals surface area contributed by atoms with Crippen molar-refractivity contribution in [2.24, 2.45) is 0 Å². The number of nitrogens with zero attached hydrogens (tertiary/aromatic N) is 2. The Hall–Kier alpha value is -3.56. The maximum atomic E-state index is 13.4. The third-order valence-electron chi connectivity index (χ3n) is 6.42. The fraction of sp³-hybridized carbons (Fsp3) is 0.379. The van der Waals surface area contributed by atoms with Crippen molar-refractivity contribution >= 4 is 44.3 Å². The Morgan fingerprint density at radius 2 is 2.03 bits per heavy atom. The van der Waals surface area contributed by atoms with Crippen LogP contribution in [-0.4, -0.2) is 47.7 Å². The van der Waals surface area contributed by atoms with Crippen molar-refractivity contribution in [3.05, 3.63) is 52.2 Å². The number of aromatic nitrogens is 2. The molecule has 0 radical (unpaired) electrons. The number of nitrogens with one attached hydrogen (secondary N) is 1. The van der Waals surface area contributed by atoms with E-state index >= 15 is 0 Å². The molecule has 1 amide bonds.